The Morgan fingerprint density at radius 1 is 1.25 bits per heavy atom. The number of carbonyl (C=O) groups excluding carboxylic acids is 1. The molecule has 0 fully saturated rings. The monoisotopic (exact) mass is 224 g/mol. The molecular formula is C12H10F2O2. The molecular weight excluding hydrogens is 214 g/mol. The van der Waals surface area contributed by atoms with Crippen molar-refractivity contribution in [1.29, 1.82) is 0 Å². The van der Waals surface area contributed by atoms with Crippen molar-refractivity contribution in [1.82, 2.24) is 0 Å². The van der Waals surface area contributed by atoms with Gasteiger partial charge in [-0.2, -0.15) is 0 Å². The lowest BCUT2D eigenvalue weighted by Gasteiger charge is -2.13. The molecule has 16 heavy (non-hydrogen) atoms. The topological polar surface area (TPSA) is 26.3 Å². The van der Waals surface area contributed by atoms with Gasteiger partial charge >= 0.3 is 0 Å². The molecule has 0 amide bonds. The van der Waals surface area contributed by atoms with Crippen molar-refractivity contribution in [2.24, 2.45) is 0 Å². The SMILES string of the molecule is O=C(C1=CCCCO1)c1ccc(F)c(F)c1. The number of allylic oxidation sites excluding steroid dienone is 2. The van der Waals surface area contributed by atoms with Crippen LogP contribution in [0.25, 0.3) is 0 Å². The lowest BCUT2D eigenvalue weighted by Crippen LogP contribution is -2.11. The van der Waals surface area contributed by atoms with Gasteiger partial charge in [-0.1, -0.05) is 0 Å². The van der Waals surface area contributed by atoms with Crippen LogP contribution in [0, 0.1) is 11.6 Å². The van der Waals surface area contributed by atoms with Crippen molar-refractivity contribution in [3.8, 4) is 0 Å². The number of halogens is 2. The molecule has 0 unspecified atom stereocenters. The van der Waals surface area contributed by atoms with E-state index >= 15 is 0 Å². The maximum atomic E-state index is 12.9. The van der Waals surface area contributed by atoms with Crippen LogP contribution >= 0.6 is 0 Å². The van der Waals surface area contributed by atoms with Gasteiger partial charge in [-0.3, -0.25) is 4.79 Å². The van der Waals surface area contributed by atoms with Gasteiger partial charge in [0.1, 0.15) is 0 Å². The first-order valence-corrected chi connectivity index (χ1v) is 5.01. The number of ketones is 1. The van der Waals surface area contributed by atoms with E-state index in [9.17, 15) is 13.6 Å². The van der Waals surface area contributed by atoms with Crippen molar-refractivity contribution >= 4 is 5.78 Å². The number of ether oxygens (including phenoxy) is 1. The van der Waals surface area contributed by atoms with Crippen LogP contribution in [0.2, 0.25) is 0 Å². The third kappa shape index (κ3) is 2.10. The fraction of sp³-hybridized carbons (Fsp3) is 0.250. The number of Topliss-reactive ketones (excluding diaryl/α,β-unsaturated/α-hetero) is 1. The lowest BCUT2D eigenvalue weighted by molar-refractivity contribution is 0.0898. The molecule has 0 radical (unpaired) electrons. The van der Waals surface area contributed by atoms with Crippen molar-refractivity contribution in [3.05, 3.63) is 47.2 Å². The Balaban J connectivity index is 2.26. The van der Waals surface area contributed by atoms with E-state index < -0.39 is 17.4 Å². The molecule has 2 rings (SSSR count). The summed E-state index contributed by atoms with van der Waals surface area (Å²) in [5.41, 5.74) is 0.104. The van der Waals surface area contributed by atoms with E-state index in [-0.39, 0.29) is 11.3 Å². The minimum absolute atomic E-state index is 0.104. The van der Waals surface area contributed by atoms with Crippen LogP contribution in [-0.4, -0.2) is 12.4 Å². The predicted molar refractivity (Wildman–Crippen MR) is 54.0 cm³/mol. The van der Waals surface area contributed by atoms with E-state index in [2.05, 4.69) is 0 Å². The van der Waals surface area contributed by atoms with Gasteiger partial charge in [-0.05, 0) is 37.1 Å². The third-order valence-electron chi connectivity index (χ3n) is 2.34. The fourth-order valence-electron chi connectivity index (χ4n) is 1.50. The number of carbonyl (C=O) groups is 1. The van der Waals surface area contributed by atoms with Gasteiger partial charge in [0.15, 0.2) is 17.4 Å². The Kier molecular flexibility index (Phi) is 2.99. The molecule has 1 aliphatic heterocycles. The Hall–Kier alpha value is -1.71. The van der Waals surface area contributed by atoms with Gasteiger partial charge in [0, 0.05) is 5.56 Å². The van der Waals surface area contributed by atoms with Gasteiger partial charge in [0.25, 0.3) is 0 Å². The summed E-state index contributed by atoms with van der Waals surface area (Å²) in [6, 6.07) is 3.07. The van der Waals surface area contributed by atoms with Crippen LogP contribution in [0.4, 0.5) is 8.78 Å². The molecule has 0 bridgehead atoms. The zero-order valence-corrected chi connectivity index (χ0v) is 8.50. The van der Waals surface area contributed by atoms with Crippen molar-refractivity contribution in [3.63, 3.8) is 0 Å². The Morgan fingerprint density at radius 3 is 2.69 bits per heavy atom. The van der Waals surface area contributed by atoms with Crippen LogP contribution in [0.15, 0.2) is 30.0 Å². The molecule has 0 spiro atoms. The largest absolute Gasteiger partial charge is 0.490 e. The molecule has 1 aromatic carbocycles. The summed E-state index contributed by atoms with van der Waals surface area (Å²) >= 11 is 0. The van der Waals surface area contributed by atoms with E-state index in [0.29, 0.717) is 6.61 Å². The van der Waals surface area contributed by atoms with Crippen LogP contribution in [0.3, 0.4) is 0 Å². The molecule has 1 heterocycles. The smallest absolute Gasteiger partial charge is 0.227 e. The summed E-state index contributed by atoms with van der Waals surface area (Å²) in [6.07, 6.45) is 3.31. The predicted octanol–water partition coefficient (Wildman–Crippen LogP) is 2.84. The average Bonchev–Trinajstić information content (AvgIpc) is 2.33. The Labute approximate surface area is 91.5 Å². The van der Waals surface area contributed by atoms with Crippen LogP contribution < -0.4 is 0 Å². The summed E-state index contributed by atoms with van der Waals surface area (Å²) in [6.45, 7) is 0.487. The average molecular weight is 224 g/mol. The summed E-state index contributed by atoms with van der Waals surface area (Å²) in [5.74, 6) is -2.17. The first-order chi connectivity index (χ1) is 7.68. The number of rotatable bonds is 2. The van der Waals surface area contributed by atoms with Gasteiger partial charge in [-0.15, -0.1) is 0 Å². The highest BCUT2D eigenvalue weighted by Crippen LogP contribution is 2.17. The van der Waals surface area contributed by atoms with Crippen LogP contribution in [-0.2, 0) is 4.74 Å². The highest BCUT2D eigenvalue weighted by molar-refractivity contribution is 6.07. The molecule has 0 saturated carbocycles. The molecule has 1 aromatic rings. The summed E-state index contributed by atoms with van der Waals surface area (Å²) < 4.78 is 30.8. The number of hydrogen-bond acceptors (Lipinski definition) is 2. The molecule has 2 nitrogen and oxygen atoms in total. The molecule has 0 N–H and O–H groups in total. The second kappa shape index (κ2) is 4.43. The van der Waals surface area contributed by atoms with Crippen LogP contribution in [0.1, 0.15) is 23.2 Å². The molecule has 4 heteroatoms. The lowest BCUT2D eigenvalue weighted by atomic mass is 10.1. The second-order valence-corrected chi connectivity index (χ2v) is 3.52. The van der Waals surface area contributed by atoms with E-state index in [1.165, 1.54) is 6.07 Å². The molecule has 0 saturated heterocycles. The van der Waals surface area contributed by atoms with E-state index in [1.807, 2.05) is 0 Å². The minimum Gasteiger partial charge on any atom is -0.490 e. The van der Waals surface area contributed by atoms with Gasteiger partial charge in [0.05, 0.1) is 6.61 Å². The molecule has 0 atom stereocenters. The van der Waals surface area contributed by atoms with E-state index in [0.717, 1.165) is 25.0 Å². The molecule has 84 valence electrons. The second-order valence-electron chi connectivity index (χ2n) is 3.52. The minimum atomic E-state index is -1.03. The summed E-state index contributed by atoms with van der Waals surface area (Å²) in [5, 5.41) is 0. The first-order valence-electron chi connectivity index (χ1n) is 5.01. The van der Waals surface area contributed by atoms with E-state index in [4.69, 9.17) is 4.74 Å². The van der Waals surface area contributed by atoms with Crippen LogP contribution in [0.5, 0.6) is 0 Å². The fourth-order valence-corrected chi connectivity index (χ4v) is 1.50. The first kappa shape index (κ1) is 10.8. The zero-order valence-electron chi connectivity index (χ0n) is 8.50. The normalized spacial score (nSPS) is 15.2. The van der Waals surface area contributed by atoms with Crippen molar-refractivity contribution < 1.29 is 18.3 Å². The Morgan fingerprint density at radius 2 is 2.06 bits per heavy atom. The highest BCUT2D eigenvalue weighted by Gasteiger charge is 2.17. The standard InChI is InChI=1S/C12H10F2O2/c13-9-5-4-8(7-10(9)14)12(15)11-3-1-2-6-16-11/h3-5,7H,1-2,6H2. The van der Waals surface area contributed by atoms with Crippen molar-refractivity contribution in [2.45, 2.75) is 12.8 Å². The highest BCUT2D eigenvalue weighted by atomic mass is 19.2. The summed E-state index contributed by atoms with van der Waals surface area (Å²) in [7, 11) is 0. The molecule has 1 aliphatic rings. The molecule has 0 aliphatic carbocycles. The maximum absolute atomic E-state index is 12.9. The van der Waals surface area contributed by atoms with Crippen molar-refractivity contribution in [2.75, 3.05) is 6.61 Å². The third-order valence-corrected chi connectivity index (χ3v) is 2.34. The number of benzene rings is 1. The van der Waals surface area contributed by atoms with Gasteiger partial charge in [0.2, 0.25) is 5.78 Å². The summed E-state index contributed by atoms with van der Waals surface area (Å²) in [4.78, 5) is 11.8. The Bertz CT molecular complexity index is 452. The maximum Gasteiger partial charge on any atom is 0.227 e. The van der Waals surface area contributed by atoms with Gasteiger partial charge in [-0.25, -0.2) is 8.78 Å². The zero-order chi connectivity index (χ0) is 11.5. The van der Waals surface area contributed by atoms with Gasteiger partial charge < -0.3 is 4.74 Å². The molecule has 0 aromatic heterocycles. The quantitative estimate of drug-likeness (QED) is 0.722. The van der Waals surface area contributed by atoms with E-state index in [1.54, 1.807) is 6.08 Å². The number of hydrogen-bond donors (Lipinski definition) is 0.